The van der Waals surface area contributed by atoms with Gasteiger partial charge in [0.1, 0.15) is 5.65 Å². The molecule has 5 nitrogen and oxygen atoms in total. The largest absolute Gasteiger partial charge is 0.324 e. The van der Waals surface area contributed by atoms with Crippen LogP contribution in [0.25, 0.3) is 5.65 Å². The highest BCUT2D eigenvalue weighted by atomic mass is 16.1. The molecule has 1 aliphatic carbocycles. The fourth-order valence-electron chi connectivity index (χ4n) is 2.85. The number of rotatable bonds is 4. The van der Waals surface area contributed by atoms with E-state index in [0.29, 0.717) is 5.92 Å². The van der Waals surface area contributed by atoms with Crippen LogP contribution in [0, 0.1) is 6.92 Å². The molecule has 1 amide bonds. The third kappa shape index (κ3) is 2.82. The summed E-state index contributed by atoms with van der Waals surface area (Å²) in [6.07, 6.45) is 8.22. The van der Waals surface area contributed by atoms with Crippen LogP contribution in [-0.2, 0) is 11.2 Å². The lowest BCUT2D eigenvalue weighted by molar-refractivity contribution is -0.115. The van der Waals surface area contributed by atoms with Crippen LogP contribution < -0.4 is 5.32 Å². The average molecular weight is 306 g/mol. The third-order valence-corrected chi connectivity index (χ3v) is 4.15. The lowest BCUT2D eigenvalue weighted by Crippen LogP contribution is -2.16. The predicted molar refractivity (Wildman–Crippen MR) is 88.5 cm³/mol. The summed E-state index contributed by atoms with van der Waals surface area (Å²) in [5, 5.41) is 2.99. The highest BCUT2D eigenvalue weighted by Gasteiger charge is 2.27. The fourth-order valence-corrected chi connectivity index (χ4v) is 2.85. The van der Waals surface area contributed by atoms with Crippen molar-refractivity contribution in [3.63, 3.8) is 0 Å². The number of anilines is 1. The summed E-state index contributed by atoms with van der Waals surface area (Å²) < 4.78 is 1.96. The van der Waals surface area contributed by atoms with Crippen molar-refractivity contribution >= 4 is 17.2 Å². The number of nitrogens with zero attached hydrogens (tertiary/aromatic N) is 3. The van der Waals surface area contributed by atoms with Crippen LogP contribution in [0.4, 0.5) is 5.69 Å². The number of aryl methyl sites for hydroxylation is 1. The molecule has 4 rings (SSSR count). The van der Waals surface area contributed by atoms with Crippen molar-refractivity contribution in [2.75, 3.05) is 5.32 Å². The van der Waals surface area contributed by atoms with Gasteiger partial charge in [0.25, 0.3) is 0 Å². The number of hydrogen-bond acceptors (Lipinski definition) is 3. The van der Waals surface area contributed by atoms with E-state index in [1.807, 2.05) is 48.0 Å². The van der Waals surface area contributed by atoms with E-state index in [-0.39, 0.29) is 12.3 Å². The Balaban J connectivity index is 1.52. The Morgan fingerprint density at radius 2 is 2.22 bits per heavy atom. The molecule has 1 N–H and O–H groups in total. The number of amides is 1. The summed E-state index contributed by atoms with van der Waals surface area (Å²) in [7, 11) is 0. The molecule has 0 unspecified atom stereocenters. The van der Waals surface area contributed by atoms with Gasteiger partial charge < -0.3 is 9.72 Å². The number of imidazole rings is 1. The first-order chi connectivity index (χ1) is 11.2. The maximum Gasteiger partial charge on any atom is 0.230 e. The average Bonchev–Trinajstić information content (AvgIpc) is 3.29. The molecular weight excluding hydrogens is 288 g/mol. The third-order valence-electron chi connectivity index (χ3n) is 4.15. The van der Waals surface area contributed by atoms with Crippen molar-refractivity contribution < 1.29 is 4.79 Å². The molecular formula is C18H18N4O. The van der Waals surface area contributed by atoms with Crippen LogP contribution in [-0.4, -0.2) is 20.3 Å². The quantitative estimate of drug-likeness (QED) is 0.806. The highest BCUT2D eigenvalue weighted by Crippen LogP contribution is 2.42. The van der Waals surface area contributed by atoms with Crippen molar-refractivity contribution in [2.24, 2.45) is 0 Å². The smallest absolute Gasteiger partial charge is 0.230 e. The van der Waals surface area contributed by atoms with E-state index in [0.717, 1.165) is 41.1 Å². The first kappa shape index (κ1) is 13.9. The van der Waals surface area contributed by atoms with Gasteiger partial charge in [-0.1, -0.05) is 6.07 Å². The summed E-state index contributed by atoms with van der Waals surface area (Å²) >= 11 is 0. The Hall–Kier alpha value is -2.69. The summed E-state index contributed by atoms with van der Waals surface area (Å²) in [6.45, 7) is 2.02. The Kier molecular flexibility index (Phi) is 3.33. The van der Waals surface area contributed by atoms with Crippen molar-refractivity contribution in [1.82, 2.24) is 14.4 Å². The molecule has 0 bridgehead atoms. The molecule has 0 aliphatic heterocycles. The van der Waals surface area contributed by atoms with E-state index in [1.165, 1.54) is 0 Å². The second kappa shape index (κ2) is 5.50. The van der Waals surface area contributed by atoms with Crippen LogP contribution in [0.2, 0.25) is 0 Å². The van der Waals surface area contributed by atoms with Crippen LogP contribution >= 0.6 is 0 Å². The second-order valence-electron chi connectivity index (χ2n) is 6.09. The molecule has 1 saturated carbocycles. The first-order valence-corrected chi connectivity index (χ1v) is 7.88. The van der Waals surface area contributed by atoms with Crippen molar-refractivity contribution in [2.45, 2.75) is 32.1 Å². The normalized spacial score (nSPS) is 14.1. The molecule has 0 atom stereocenters. The molecule has 1 fully saturated rings. The lowest BCUT2D eigenvalue weighted by Gasteiger charge is -2.08. The van der Waals surface area contributed by atoms with E-state index in [4.69, 9.17) is 0 Å². The molecule has 23 heavy (non-hydrogen) atoms. The Labute approximate surface area is 134 Å². The maximum absolute atomic E-state index is 12.4. The van der Waals surface area contributed by atoms with Crippen molar-refractivity contribution in [3.8, 4) is 0 Å². The summed E-state index contributed by atoms with van der Waals surface area (Å²) in [5.74, 6) is 0.449. The van der Waals surface area contributed by atoms with Crippen LogP contribution in [0.1, 0.15) is 35.7 Å². The standard InChI is InChI=1S/C18H18N4O/c1-12-4-3-9-22-11-14(20-18(12)22)10-16(23)21-15-5-2-8-19-17(15)13-6-7-13/h2-5,8-9,11,13H,6-7,10H2,1H3,(H,21,23). The molecule has 3 aromatic heterocycles. The zero-order chi connectivity index (χ0) is 15.8. The van der Waals surface area contributed by atoms with Crippen LogP contribution in [0.3, 0.4) is 0 Å². The summed E-state index contributed by atoms with van der Waals surface area (Å²) in [4.78, 5) is 21.3. The van der Waals surface area contributed by atoms with Gasteiger partial charge in [-0.15, -0.1) is 0 Å². The fraction of sp³-hybridized carbons (Fsp3) is 0.278. The van der Waals surface area contributed by atoms with Crippen molar-refractivity contribution in [1.29, 1.82) is 0 Å². The maximum atomic E-state index is 12.4. The first-order valence-electron chi connectivity index (χ1n) is 7.88. The monoisotopic (exact) mass is 306 g/mol. The van der Waals surface area contributed by atoms with Crippen molar-refractivity contribution in [3.05, 3.63) is 59.8 Å². The minimum absolute atomic E-state index is 0.0547. The Bertz CT molecular complexity index is 880. The number of carbonyl (C=O) groups excluding carboxylic acids is 1. The summed E-state index contributed by atoms with van der Waals surface area (Å²) in [5.41, 5.74) is 4.61. The number of fused-ring (bicyclic) bond motifs is 1. The van der Waals surface area contributed by atoms with Gasteiger partial charge in [-0.2, -0.15) is 0 Å². The van der Waals surface area contributed by atoms with E-state index >= 15 is 0 Å². The zero-order valence-electron chi connectivity index (χ0n) is 13.0. The Morgan fingerprint density at radius 1 is 1.35 bits per heavy atom. The topological polar surface area (TPSA) is 59.3 Å². The molecule has 0 saturated heterocycles. The van der Waals surface area contributed by atoms with E-state index in [2.05, 4.69) is 15.3 Å². The number of carbonyl (C=O) groups is 1. The number of hydrogen-bond donors (Lipinski definition) is 1. The van der Waals surface area contributed by atoms with Gasteiger partial charge in [-0.05, 0) is 43.5 Å². The van der Waals surface area contributed by atoms with Gasteiger partial charge >= 0.3 is 0 Å². The highest BCUT2D eigenvalue weighted by molar-refractivity contribution is 5.92. The molecule has 3 aromatic rings. The number of pyridine rings is 2. The van der Waals surface area contributed by atoms with Gasteiger partial charge in [0.15, 0.2) is 0 Å². The van der Waals surface area contributed by atoms with Gasteiger partial charge in [0.2, 0.25) is 5.91 Å². The van der Waals surface area contributed by atoms with Crippen LogP contribution in [0.5, 0.6) is 0 Å². The number of aromatic nitrogens is 3. The lowest BCUT2D eigenvalue weighted by atomic mass is 10.2. The molecule has 0 spiro atoms. The summed E-state index contributed by atoms with van der Waals surface area (Å²) in [6, 6.07) is 7.78. The SMILES string of the molecule is Cc1cccn2cc(CC(=O)Nc3cccnc3C3CC3)nc12. The van der Waals surface area contributed by atoms with Gasteiger partial charge in [0.05, 0.1) is 23.5 Å². The molecule has 5 heteroatoms. The van der Waals surface area contributed by atoms with Gasteiger partial charge in [-0.3, -0.25) is 9.78 Å². The second-order valence-corrected chi connectivity index (χ2v) is 6.09. The van der Waals surface area contributed by atoms with Crippen LogP contribution in [0.15, 0.2) is 42.9 Å². The minimum atomic E-state index is -0.0547. The molecule has 0 aromatic carbocycles. The zero-order valence-corrected chi connectivity index (χ0v) is 13.0. The molecule has 0 radical (unpaired) electrons. The van der Waals surface area contributed by atoms with E-state index in [9.17, 15) is 4.79 Å². The molecule has 3 heterocycles. The molecule has 116 valence electrons. The molecule has 1 aliphatic rings. The predicted octanol–water partition coefficient (Wildman–Crippen LogP) is 3.10. The van der Waals surface area contributed by atoms with E-state index in [1.54, 1.807) is 6.20 Å². The number of nitrogens with one attached hydrogen (secondary N) is 1. The Morgan fingerprint density at radius 3 is 3.00 bits per heavy atom. The minimum Gasteiger partial charge on any atom is -0.324 e. The van der Waals surface area contributed by atoms with Gasteiger partial charge in [-0.25, -0.2) is 4.98 Å². The van der Waals surface area contributed by atoms with E-state index < -0.39 is 0 Å². The van der Waals surface area contributed by atoms with Gasteiger partial charge in [0, 0.05) is 24.5 Å².